The molecule has 2 N–H and O–H groups in total. The fraction of sp³-hybridized carbons (Fsp3) is 0.350. The van der Waals surface area contributed by atoms with E-state index in [0.717, 1.165) is 16.0 Å². The SMILES string of the molecule is COc1cc(C)c(C[NH+](C)[C@@H](C)C(=O)Nc2ccc(F)cc2)cc1OC. The van der Waals surface area contributed by atoms with Crippen LogP contribution in [0.2, 0.25) is 0 Å². The van der Waals surface area contributed by atoms with Crippen LogP contribution in [0.5, 0.6) is 11.5 Å². The molecule has 0 radical (unpaired) electrons. The number of amides is 1. The summed E-state index contributed by atoms with van der Waals surface area (Å²) in [7, 11) is 5.17. The van der Waals surface area contributed by atoms with Gasteiger partial charge in [0, 0.05) is 11.3 Å². The molecule has 0 aliphatic rings. The summed E-state index contributed by atoms with van der Waals surface area (Å²) in [5, 5.41) is 2.82. The van der Waals surface area contributed by atoms with E-state index in [1.54, 1.807) is 26.4 Å². The number of rotatable bonds is 7. The zero-order chi connectivity index (χ0) is 19.3. The summed E-state index contributed by atoms with van der Waals surface area (Å²) in [6, 6.07) is 9.34. The van der Waals surface area contributed by atoms with Crippen LogP contribution in [0, 0.1) is 12.7 Å². The number of halogens is 1. The van der Waals surface area contributed by atoms with Crippen molar-refractivity contribution in [2.24, 2.45) is 0 Å². The Morgan fingerprint density at radius 1 is 1.15 bits per heavy atom. The van der Waals surface area contributed by atoms with Gasteiger partial charge in [0.05, 0.1) is 21.3 Å². The Labute approximate surface area is 153 Å². The Morgan fingerprint density at radius 3 is 2.31 bits per heavy atom. The van der Waals surface area contributed by atoms with E-state index in [4.69, 9.17) is 9.47 Å². The Balaban J connectivity index is 2.07. The highest BCUT2D eigenvalue weighted by atomic mass is 19.1. The second-order valence-corrected chi connectivity index (χ2v) is 6.37. The average molecular weight is 361 g/mol. The van der Waals surface area contributed by atoms with Crippen LogP contribution in [-0.4, -0.2) is 33.2 Å². The molecule has 0 aliphatic carbocycles. The number of carbonyl (C=O) groups is 1. The van der Waals surface area contributed by atoms with Gasteiger partial charge in [-0.2, -0.15) is 0 Å². The first-order valence-corrected chi connectivity index (χ1v) is 8.46. The minimum atomic E-state index is -0.331. The molecule has 0 saturated heterocycles. The quantitative estimate of drug-likeness (QED) is 0.795. The van der Waals surface area contributed by atoms with Crippen LogP contribution in [0.1, 0.15) is 18.1 Å². The van der Waals surface area contributed by atoms with Crippen LogP contribution >= 0.6 is 0 Å². The molecule has 2 atom stereocenters. The number of aryl methyl sites for hydroxylation is 1. The number of ether oxygens (including phenoxy) is 2. The average Bonchev–Trinajstić information content (AvgIpc) is 2.63. The van der Waals surface area contributed by atoms with Gasteiger partial charge in [0.25, 0.3) is 5.91 Å². The van der Waals surface area contributed by atoms with Crippen molar-refractivity contribution in [2.75, 3.05) is 26.6 Å². The second kappa shape index (κ2) is 8.67. The molecule has 0 saturated carbocycles. The highest BCUT2D eigenvalue weighted by Crippen LogP contribution is 2.29. The summed E-state index contributed by atoms with van der Waals surface area (Å²) >= 11 is 0. The Morgan fingerprint density at radius 2 is 1.73 bits per heavy atom. The van der Waals surface area contributed by atoms with Crippen molar-refractivity contribution in [3.8, 4) is 11.5 Å². The monoisotopic (exact) mass is 361 g/mol. The van der Waals surface area contributed by atoms with E-state index in [9.17, 15) is 9.18 Å². The lowest BCUT2D eigenvalue weighted by Crippen LogP contribution is -3.12. The topological polar surface area (TPSA) is 52.0 Å². The molecule has 0 heterocycles. The minimum absolute atomic E-state index is 0.118. The van der Waals surface area contributed by atoms with Crippen LogP contribution in [-0.2, 0) is 11.3 Å². The number of carbonyl (C=O) groups excluding carboxylic acids is 1. The first kappa shape index (κ1) is 19.7. The van der Waals surface area contributed by atoms with Gasteiger partial charge in [0.1, 0.15) is 12.4 Å². The molecule has 6 heteroatoms. The van der Waals surface area contributed by atoms with Crippen molar-refractivity contribution in [2.45, 2.75) is 26.4 Å². The highest BCUT2D eigenvalue weighted by Gasteiger charge is 2.23. The Hall–Kier alpha value is -2.60. The molecule has 1 unspecified atom stereocenters. The zero-order valence-corrected chi connectivity index (χ0v) is 15.9. The molecule has 26 heavy (non-hydrogen) atoms. The number of hydrogen-bond donors (Lipinski definition) is 2. The second-order valence-electron chi connectivity index (χ2n) is 6.37. The van der Waals surface area contributed by atoms with Gasteiger partial charge < -0.3 is 19.7 Å². The Bertz CT molecular complexity index is 762. The molecule has 0 aromatic heterocycles. The molecule has 2 rings (SSSR count). The van der Waals surface area contributed by atoms with Gasteiger partial charge in [-0.3, -0.25) is 4.79 Å². The fourth-order valence-electron chi connectivity index (χ4n) is 2.67. The van der Waals surface area contributed by atoms with Crippen molar-refractivity contribution in [3.05, 3.63) is 53.3 Å². The maximum Gasteiger partial charge on any atom is 0.282 e. The van der Waals surface area contributed by atoms with Crippen LogP contribution in [0.3, 0.4) is 0 Å². The summed E-state index contributed by atoms with van der Waals surface area (Å²) in [6.07, 6.45) is 0. The van der Waals surface area contributed by atoms with Crippen molar-refractivity contribution in [1.29, 1.82) is 0 Å². The smallest absolute Gasteiger partial charge is 0.282 e. The van der Waals surface area contributed by atoms with Crippen molar-refractivity contribution in [3.63, 3.8) is 0 Å². The maximum atomic E-state index is 13.0. The molecule has 0 fully saturated rings. The summed E-state index contributed by atoms with van der Waals surface area (Å²) in [5.41, 5.74) is 2.74. The number of quaternary nitrogens is 1. The summed E-state index contributed by atoms with van der Waals surface area (Å²) in [6.45, 7) is 4.53. The molecule has 0 spiro atoms. The van der Waals surface area contributed by atoms with Crippen molar-refractivity contribution < 1.29 is 23.6 Å². The maximum absolute atomic E-state index is 13.0. The number of likely N-dealkylation sites (N-methyl/N-ethyl adjacent to an activating group) is 1. The third kappa shape index (κ3) is 4.73. The first-order chi connectivity index (χ1) is 12.3. The van der Waals surface area contributed by atoms with Crippen molar-refractivity contribution >= 4 is 11.6 Å². The van der Waals surface area contributed by atoms with Gasteiger partial charge in [-0.1, -0.05) is 0 Å². The van der Waals surface area contributed by atoms with Crippen LogP contribution < -0.4 is 19.7 Å². The molecule has 140 valence electrons. The van der Waals surface area contributed by atoms with E-state index < -0.39 is 0 Å². The van der Waals surface area contributed by atoms with Gasteiger partial charge >= 0.3 is 0 Å². The van der Waals surface area contributed by atoms with Gasteiger partial charge in [0.2, 0.25) is 0 Å². The molecular formula is C20H26FN2O3+. The van der Waals surface area contributed by atoms with E-state index in [2.05, 4.69) is 5.32 Å². The normalized spacial score (nSPS) is 13.0. The lowest BCUT2D eigenvalue weighted by atomic mass is 10.1. The van der Waals surface area contributed by atoms with Crippen molar-refractivity contribution in [1.82, 2.24) is 0 Å². The minimum Gasteiger partial charge on any atom is -0.493 e. The molecule has 5 nitrogen and oxygen atoms in total. The fourth-order valence-corrected chi connectivity index (χ4v) is 2.67. The number of benzene rings is 2. The van der Waals surface area contributed by atoms with E-state index in [-0.39, 0.29) is 17.8 Å². The van der Waals surface area contributed by atoms with Crippen LogP contribution in [0.25, 0.3) is 0 Å². The van der Waals surface area contributed by atoms with Crippen LogP contribution in [0.15, 0.2) is 36.4 Å². The van der Waals surface area contributed by atoms with Gasteiger partial charge in [-0.05, 0) is 55.8 Å². The molecule has 0 bridgehead atoms. The number of anilines is 1. The number of nitrogens with one attached hydrogen (secondary N) is 2. The lowest BCUT2D eigenvalue weighted by molar-refractivity contribution is -0.907. The highest BCUT2D eigenvalue weighted by molar-refractivity contribution is 5.93. The molecule has 1 amide bonds. The molecular weight excluding hydrogens is 335 g/mol. The molecule has 0 aliphatic heterocycles. The lowest BCUT2D eigenvalue weighted by Gasteiger charge is -2.22. The standard InChI is InChI=1S/C20H25FN2O3/c1-13-10-18(25-4)19(26-5)11-15(13)12-23(3)14(2)20(24)22-17-8-6-16(21)7-9-17/h6-11,14H,12H2,1-5H3,(H,22,24)/p+1/t14-/m0/s1. The zero-order valence-electron chi connectivity index (χ0n) is 15.9. The third-order valence-electron chi connectivity index (χ3n) is 4.56. The number of hydrogen-bond acceptors (Lipinski definition) is 3. The first-order valence-electron chi connectivity index (χ1n) is 8.46. The predicted molar refractivity (Wildman–Crippen MR) is 99.4 cm³/mol. The largest absolute Gasteiger partial charge is 0.493 e. The van der Waals surface area contributed by atoms with E-state index in [1.807, 2.05) is 33.0 Å². The summed E-state index contributed by atoms with van der Waals surface area (Å²) in [5.74, 6) is 0.910. The van der Waals surface area contributed by atoms with Crippen LogP contribution in [0.4, 0.5) is 10.1 Å². The third-order valence-corrected chi connectivity index (χ3v) is 4.56. The van der Waals surface area contributed by atoms with E-state index in [1.165, 1.54) is 12.1 Å². The Kier molecular flexibility index (Phi) is 6.58. The molecule has 2 aromatic rings. The van der Waals surface area contributed by atoms with Gasteiger partial charge in [0.15, 0.2) is 17.5 Å². The summed E-state index contributed by atoms with van der Waals surface area (Å²) < 4.78 is 23.7. The van der Waals surface area contributed by atoms with Gasteiger partial charge in [-0.15, -0.1) is 0 Å². The van der Waals surface area contributed by atoms with E-state index >= 15 is 0 Å². The van der Waals surface area contributed by atoms with Gasteiger partial charge in [-0.25, -0.2) is 4.39 Å². The molecule has 2 aromatic carbocycles. The summed E-state index contributed by atoms with van der Waals surface area (Å²) in [4.78, 5) is 13.5. The van der Waals surface area contributed by atoms with E-state index in [0.29, 0.717) is 23.7 Å². The predicted octanol–water partition coefficient (Wildman–Crippen LogP) is 2.19. The number of methoxy groups -OCH3 is 2.